The number of allylic oxidation sites excluding steroid dienone is 1. The second-order valence-corrected chi connectivity index (χ2v) is 8.38. The fourth-order valence-electron chi connectivity index (χ4n) is 4.51. The second-order valence-electron chi connectivity index (χ2n) is 8.38. The van der Waals surface area contributed by atoms with Crippen LogP contribution in [0.5, 0.6) is 5.75 Å². The Bertz CT molecular complexity index is 985. The van der Waals surface area contributed by atoms with E-state index in [1.54, 1.807) is 6.07 Å². The molecule has 1 aromatic rings. The number of benzene rings is 1. The lowest BCUT2D eigenvalue weighted by molar-refractivity contribution is 0.0505. The molecule has 33 heavy (non-hydrogen) atoms. The van der Waals surface area contributed by atoms with Crippen LogP contribution in [0.25, 0.3) is 5.57 Å². The molecule has 0 bridgehead atoms. The van der Waals surface area contributed by atoms with E-state index in [0.717, 1.165) is 47.3 Å². The lowest BCUT2D eigenvalue weighted by Gasteiger charge is -2.27. The average Bonchev–Trinajstić information content (AvgIpc) is 2.82. The highest BCUT2D eigenvalue weighted by molar-refractivity contribution is 5.90. The predicted octanol–water partition coefficient (Wildman–Crippen LogP) is 5.23. The molecule has 3 aliphatic rings. The highest BCUT2D eigenvalue weighted by Crippen LogP contribution is 2.40. The second kappa shape index (κ2) is 11.1. The van der Waals surface area contributed by atoms with Crippen LogP contribution in [0.1, 0.15) is 62.5 Å². The third-order valence-corrected chi connectivity index (χ3v) is 6.19. The molecular weight excluding hydrogens is 430 g/mol. The van der Waals surface area contributed by atoms with Gasteiger partial charge in [-0.05, 0) is 55.7 Å². The van der Waals surface area contributed by atoms with Crippen LogP contribution in [0.3, 0.4) is 0 Å². The zero-order chi connectivity index (χ0) is 23.2. The molecule has 0 amide bonds. The lowest BCUT2D eigenvalue weighted by Crippen LogP contribution is -2.25. The monoisotopic (exact) mass is 460 g/mol. The number of aliphatic imine (C=N–C) groups is 2. The van der Waals surface area contributed by atoms with Crippen LogP contribution in [-0.2, 0) is 9.47 Å². The van der Waals surface area contributed by atoms with Gasteiger partial charge in [-0.15, -0.1) is 0 Å². The first-order valence-corrected chi connectivity index (χ1v) is 11.4. The number of hydrogen-bond donors (Lipinski definition) is 1. The molecule has 2 aliphatic heterocycles. The Morgan fingerprint density at radius 1 is 1.18 bits per heavy atom. The molecule has 0 unspecified atom stereocenters. The van der Waals surface area contributed by atoms with Crippen molar-refractivity contribution in [1.29, 1.82) is 0 Å². The Hall–Kier alpha value is -2.42. The standard InChI is InChI=1S/C25H30F2N2O4/c1-31-15-33-23-13-16(24(26)27)8-9-19(23)17-5-4-11-28-25(20-14-32-12-10-18(17)20)29-21-6-2-3-7-22(21)30/h8-9,11,13,22,24,30H,2-7,10,12,14-15H2,1H3/b18-17+,25-20+,28-11?,29-21?/t22-/m1/s1. The number of alkyl halides is 2. The van der Waals surface area contributed by atoms with Crippen molar-refractivity contribution < 1.29 is 28.1 Å². The van der Waals surface area contributed by atoms with Crippen molar-refractivity contribution >= 4 is 17.5 Å². The fourth-order valence-corrected chi connectivity index (χ4v) is 4.51. The van der Waals surface area contributed by atoms with Crippen molar-refractivity contribution in [2.45, 2.75) is 57.5 Å². The fraction of sp³-hybridized carbons (Fsp3) is 0.520. The van der Waals surface area contributed by atoms with Crippen LogP contribution in [0, 0.1) is 0 Å². The van der Waals surface area contributed by atoms with Crippen molar-refractivity contribution in [3.63, 3.8) is 0 Å². The van der Waals surface area contributed by atoms with Gasteiger partial charge in [0, 0.05) is 35.7 Å². The normalized spacial score (nSPS) is 27.4. The summed E-state index contributed by atoms with van der Waals surface area (Å²) in [5, 5.41) is 10.4. The van der Waals surface area contributed by atoms with Crippen LogP contribution < -0.4 is 4.74 Å². The zero-order valence-electron chi connectivity index (χ0n) is 18.9. The molecule has 1 saturated carbocycles. The summed E-state index contributed by atoms with van der Waals surface area (Å²) in [6.07, 6.45) is 4.19. The van der Waals surface area contributed by atoms with Gasteiger partial charge in [-0.25, -0.2) is 18.8 Å². The van der Waals surface area contributed by atoms with Gasteiger partial charge in [0.25, 0.3) is 6.43 Å². The number of nitrogens with zero attached hydrogens (tertiary/aromatic N) is 2. The van der Waals surface area contributed by atoms with Gasteiger partial charge in [0.1, 0.15) is 5.75 Å². The summed E-state index contributed by atoms with van der Waals surface area (Å²) in [4.78, 5) is 9.41. The minimum absolute atomic E-state index is 0.0354. The molecule has 0 radical (unpaired) electrons. The average molecular weight is 461 g/mol. The van der Waals surface area contributed by atoms with E-state index in [0.29, 0.717) is 50.5 Å². The third kappa shape index (κ3) is 5.57. The number of hydrogen-bond acceptors (Lipinski definition) is 6. The van der Waals surface area contributed by atoms with E-state index in [4.69, 9.17) is 19.2 Å². The van der Waals surface area contributed by atoms with E-state index in [-0.39, 0.29) is 12.4 Å². The molecule has 1 atom stereocenters. The Labute approximate surface area is 192 Å². The lowest BCUT2D eigenvalue weighted by atomic mass is 9.87. The van der Waals surface area contributed by atoms with Gasteiger partial charge >= 0.3 is 0 Å². The first-order valence-electron chi connectivity index (χ1n) is 11.4. The zero-order valence-corrected chi connectivity index (χ0v) is 18.9. The number of aliphatic hydroxyl groups is 1. The molecule has 6 nitrogen and oxygen atoms in total. The SMILES string of the molecule is COCOc1cc(C(F)F)ccc1/C1=C2\CCOC\C2=C(/N=C2CCCC[C@H]2O)N=CCC1. The van der Waals surface area contributed by atoms with Crippen LogP contribution in [0.4, 0.5) is 8.78 Å². The molecule has 2 fully saturated rings. The van der Waals surface area contributed by atoms with Crippen molar-refractivity contribution in [3.05, 3.63) is 46.3 Å². The topological polar surface area (TPSA) is 72.6 Å². The van der Waals surface area contributed by atoms with Gasteiger partial charge in [0.2, 0.25) is 0 Å². The molecule has 1 saturated heterocycles. The predicted molar refractivity (Wildman–Crippen MR) is 123 cm³/mol. The maximum Gasteiger partial charge on any atom is 0.263 e. The smallest absolute Gasteiger partial charge is 0.263 e. The molecule has 4 rings (SSSR count). The quantitative estimate of drug-likeness (QED) is 0.590. The van der Waals surface area contributed by atoms with Gasteiger partial charge in [0.15, 0.2) is 12.6 Å². The van der Waals surface area contributed by atoms with E-state index in [1.807, 2.05) is 6.21 Å². The van der Waals surface area contributed by atoms with Gasteiger partial charge in [-0.1, -0.05) is 18.6 Å². The molecule has 2 heterocycles. The molecule has 0 spiro atoms. The molecule has 178 valence electrons. The highest BCUT2D eigenvalue weighted by Gasteiger charge is 2.26. The summed E-state index contributed by atoms with van der Waals surface area (Å²) < 4.78 is 43.2. The van der Waals surface area contributed by atoms with Gasteiger partial charge in [-0.2, -0.15) is 0 Å². The van der Waals surface area contributed by atoms with Crippen LogP contribution in [-0.4, -0.2) is 50.3 Å². The molecule has 1 aliphatic carbocycles. The minimum atomic E-state index is -2.59. The largest absolute Gasteiger partial charge is 0.467 e. The molecule has 0 aromatic heterocycles. The van der Waals surface area contributed by atoms with Crippen LogP contribution in [0.15, 0.2) is 45.2 Å². The summed E-state index contributed by atoms with van der Waals surface area (Å²) in [5.41, 5.74) is 4.41. The van der Waals surface area contributed by atoms with Gasteiger partial charge in [-0.3, -0.25) is 0 Å². The number of fused-ring (bicyclic) bond motifs is 1. The van der Waals surface area contributed by atoms with Crippen LogP contribution in [0.2, 0.25) is 0 Å². The Morgan fingerprint density at radius 2 is 2.06 bits per heavy atom. The van der Waals surface area contributed by atoms with E-state index in [9.17, 15) is 13.9 Å². The van der Waals surface area contributed by atoms with Crippen molar-refractivity contribution in [3.8, 4) is 5.75 Å². The Morgan fingerprint density at radius 3 is 2.85 bits per heavy atom. The first-order chi connectivity index (χ1) is 16.1. The summed E-state index contributed by atoms with van der Waals surface area (Å²) >= 11 is 0. The van der Waals surface area contributed by atoms with Crippen LogP contribution >= 0.6 is 0 Å². The Kier molecular flexibility index (Phi) is 8.01. The van der Waals surface area contributed by atoms with Crippen molar-refractivity contribution in [2.75, 3.05) is 27.1 Å². The van der Waals surface area contributed by atoms with Crippen molar-refractivity contribution in [1.82, 2.24) is 0 Å². The van der Waals surface area contributed by atoms with E-state index < -0.39 is 12.5 Å². The maximum atomic E-state index is 13.4. The summed E-state index contributed by atoms with van der Waals surface area (Å²) in [7, 11) is 1.50. The minimum Gasteiger partial charge on any atom is -0.467 e. The Balaban J connectivity index is 1.83. The molecule has 1 aromatic carbocycles. The molecule has 1 N–H and O–H groups in total. The molecule has 8 heteroatoms. The number of ether oxygens (including phenoxy) is 3. The van der Waals surface area contributed by atoms with E-state index >= 15 is 0 Å². The first kappa shape index (κ1) is 23.7. The third-order valence-electron chi connectivity index (χ3n) is 6.19. The number of aliphatic hydroxyl groups excluding tert-OH is 1. The maximum absolute atomic E-state index is 13.4. The number of methoxy groups -OCH3 is 1. The van der Waals surface area contributed by atoms with Crippen molar-refractivity contribution in [2.24, 2.45) is 9.98 Å². The van der Waals surface area contributed by atoms with Gasteiger partial charge in [0.05, 0.1) is 19.3 Å². The number of halogens is 2. The molecular formula is C25H30F2N2O4. The van der Waals surface area contributed by atoms with Gasteiger partial charge < -0.3 is 19.3 Å². The summed E-state index contributed by atoms with van der Waals surface area (Å²) in [6, 6.07) is 4.54. The summed E-state index contributed by atoms with van der Waals surface area (Å²) in [5.74, 6) is 0.942. The van der Waals surface area contributed by atoms with E-state index in [1.165, 1.54) is 19.2 Å². The number of rotatable bonds is 6. The highest BCUT2D eigenvalue weighted by atomic mass is 19.3. The summed E-state index contributed by atoms with van der Waals surface area (Å²) in [6.45, 7) is 0.885. The van der Waals surface area contributed by atoms with E-state index in [2.05, 4.69) is 4.99 Å².